The SMILES string of the molecule is c1ccc(CCC2CN(Cc3cc4n(n3)CCCNC4)Cc3[nH]cnc32)cc1. The first kappa shape index (κ1) is 17.6. The molecule has 5 rings (SSSR count). The number of rotatable bonds is 5. The van der Waals surface area contributed by atoms with Crippen LogP contribution in [0.1, 0.15) is 47.1 Å². The minimum Gasteiger partial charge on any atom is -0.347 e. The molecule has 2 aromatic heterocycles. The van der Waals surface area contributed by atoms with Gasteiger partial charge in [-0.05, 0) is 37.4 Å². The fraction of sp³-hybridized carbons (Fsp3) is 0.455. The molecule has 1 atom stereocenters. The molecule has 6 heteroatoms. The standard InChI is InChI=1S/C22H28N6/c1-2-5-17(6-3-1)7-8-18-13-27(15-21-22(18)25-16-24-21)14-19-11-20-12-23-9-4-10-28(20)26-19/h1-3,5-6,11,16,18,23H,4,7-10,12-15H2,(H,24,25). The maximum Gasteiger partial charge on any atom is 0.0925 e. The molecule has 0 aliphatic carbocycles. The Morgan fingerprint density at radius 3 is 3.04 bits per heavy atom. The van der Waals surface area contributed by atoms with Crippen LogP contribution in [0.3, 0.4) is 0 Å². The zero-order valence-electron chi connectivity index (χ0n) is 16.3. The molecule has 1 aromatic carbocycles. The number of hydrogen-bond acceptors (Lipinski definition) is 4. The number of H-pyrrole nitrogens is 1. The number of benzene rings is 1. The van der Waals surface area contributed by atoms with Crippen molar-refractivity contribution in [3.63, 3.8) is 0 Å². The van der Waals surface area contributed by atoms with Crippen molar-refractivity contribution in [1.82, 2.24) is 30.0 Å². The van der Waals surface area contributed by atoms with Gasteiger partial charge in [-0.2, -0.15) is 5.10 Å². The van der Waals surface area contributed by atoms with Gasteiger partial charge in [-0.1, -0.05) is 30.3 Å². The van der Waals surface area contributed by atoms with Crippen LogP contribution in [-0.4, -0.2) is 37.7 Å². The van der Waals surface area contributed by atoms with Crippen molar-refractivity contribution < 1.29 is 0 Å². The van der Waals surface area contributed by atoms with Gasteiger partial charge in [-0.15, -0.1) is 0 Å². The van der Waals surface area contributed by atoms with E-state index in [0.717, 1.165) is 58.5 Å². The summed E-state index contributed by atoms with van der Waals surface area (Å²) in [5.74, 6) is 0.470. The van der Waals surface area contributed by atoms with E-state index in [1.165, 1.54) is 28.3 Å². The van der Waals surface area contributed by atoms with E-state index in [9.17, 15) is 0 Å². The second kappa shape index (κ2) is 7.89. The van der Waals surface area contributed by atoms with Crippen LogP contribution >= 0.6 is 0 Å². The number of aryl methyl sites for hydroxylation is 2. The van der Waals surface area contributed by atoms with Crippen molar-refractivity contribution in [3.8, 4) is 0 Å². The monoisotopic (exact) mass is 376 g/mol. The summed E-state index contributed by atoms with van der Waals surface area (Å²) in [6.07, 6.45) is 5.23. The highest BCUT2D eigenvalue weighted by atomic mass is 15.3. The number of hydrogen-bond donors (Lipinski definition) is 2. The van der Waals surface area contributed by atoms with Gasteiger partial charge in [0, 0.05) is 38.6 Å². The number of nitrogens with one attached hydrogen (secondary N) is 2. The smallest absolute Gasteiger partial charge is 0.0925 e. The summed E-state index contributed by atoms with van der Waals surface area (Å²) in [5, 5.41) is 8.36. The summed E-state index contributed by atoms with van der Waals surface area (Å²) in [6.45, 7) is 5.91. The van der Waals surface area contributed by atoms with E-state index >= 15 is 0 Å². The minimum atomic E-state index is 0.470. The van der Waals surface area contributed by atoms with E-state index in [2.05, 4.69) is 61.3 Å². The predicted octanol–water partition coefficient (Wildman–Crippen LogP) is 2.83. The molecule has 0 amide bonds. The highest BCUT2D eigenvalue weighted by Gasteiger charge is 2.28. The van der Waals surface area contributed by atoms with Gasteiger partial charge in [0.25, 0.3) is 0 Å². The minimum absolute atomic E-state index is 0.470. The Hall–Kier alpha value is -2.44. The second-order valence-corrected chi connectivity index (χ2v) is 8.04. The van der Waals surface area contributed by atoms with Crippen molar-refractivity contribution in [2.75, 3.05) is 13.1 Å². The molecule has 0 radical (unpaired) electrons. The molecule has 4 heterocycles. The zero-order valence-corrected chi connectivity index (χ0v) is 16.3. The van der Waals surface area contributed by atoms with Gasteiger partial charge in [0.2, 0.25) is 0 Å². The van der Waals surface area contributed by atoms with Gasteiger partial charge in [-0.3, -0.25) is 9.58 Å². The Morgan fingerprint density at radius 2 is 2.11 bits per heavy atom. The first-order valence-electron chi connectivity index (χ1n) is 10.4. The predicted molar refractivity (Wildman–Crippen MR) is 109 cm³/mol. The van der Waals surface area contributed by atoms with Crippen molar-refractivity contribution >= 4 is 0 Å². The van der Waals surface area contributed by atoms with Gasteiger partial charge in [0.15, 0.2) is 0 Å². The normalized spacial score (nSPS) is 19.8. The summed E-state index contributed by atoms with van der Waals surface area (Å²) in [7, 11) is 0. The first-order valence-corrected chi connectivity index (χ1v) is 10.4. The Balaban J connectivity index is 1.29. The molecule has 28 heavy (non-hydrogen) atoms. The lowest BCUT2D eigenvalue weighted by atomic mass is 9.92. The van der Waals surface area contributed by atoms with E-state index in [4.69, 9.17) is 5.10 Å². The molecule has 1 unspecified atom stereocenters. The molecular weight excluding hydrogens is 348 g/mol. The van der Waals surface area contributed by atoms with Crippen LogP contribution in [-0.2, 0) is 32.6 Å². The molecule has 2 aliphatic heterocycles. The molecule has 146 valence electrons. The molecule has 0 fully saturated rings. The van der Waals surface area contributed by atoms with Crippen LogP contribution in [0.4, 0.5) is 0 Å². The van der Waals surface area contributed by atoms with Gasteiger partial charge >= 0.3 is 0 Å². The zero-order chi connectivity index (χ0) is 18.8. The average Bonchev–Trinajstić information content (AvgIpc) is 3.28. The second-order valence-electron chi connectivity index (χ2n) is 8.04. The third-order valence-corrected chi connectivity index (χ3v) is 5.95. The Labute approximate surface area is 166 Å². The quantitative estimate of drug-likeness (QED) is 0.719. The van der Waals surface area contributed by atoms with Crippen molar-refractivity contribution in [2.45, 2.75) is 51.4 Å². The molecule has 0 spiro atoms. The van der Waals surface area contributed by atoms with E-state index in [0.29, 0.717) is 5.92 Å². The van der Waals surface area contributed by atoms with Crippen LogP contribution < -0.4 is 5.32 Å². The van der Waals surface area contributed by atoms with E-state index in [-0.39, 0.29) is 0 Å². The molecule has 0 bridgehead atoms. The van der Waals surface area contributed by atoms with Crippen LogP contribution in [0, 0.1) is 0 Å². The lowest BCUT2D eigenvalue weighted by Crippen LogP contribution is -2.33. The van der Waals surface area contributed by atoms with E-state index in [1.54, 1.807) is 0 Å². The number of aromatic amines is 1. The summed E-state index contributed by atoms with van der Waals surface area (Å²) < 4.78 is 2.19. The highest BCUT2D eigenvalue weighted by molar-refractivity contribution is 5.22. The Bertz CT molecular complexity index is 889. The number of nitrogens with zero attached hydrogens (tertiary/aromatic N) is 4. The number of imidazole rings is 1. The molecule has 3 aromatic rings. The first-order chi connectivity index (χ1) is 13.8. The largest absolute Gasteiger partial charge is 0.347 e. The molecule has 2 N–H and O–H groups in total. The topological polar surface area (TPSA) is 61.8 Å². The van der Waals surface area contributed by atoms with Crippen molar-refractivity contribution in [2.24, 2.45) is 0 Å². The average molecular weight is 377 g/mol. The van der Waals surface area contributed by atoms with Crippen molar-refractivity contribution in [1.29, 1.82) is 0 Å². The number of fused-ring (bicyclic) bond motifs is 2. The molecular formula is C22H28N6. The molecule has 0 saturated carbocycles. The lowest BCUT2D eigenvalue weighted by molar-refractivity contribution is 0.210. The summed E-state index contributed by atoms with van der Waals surface area (Å²) in [6, 6.07) is 13.1. The van der Waals surface area contributed by atoms with Crippen LogP contribution in [0.2, 0.25) is 0 Å². The third kappa shape index (κ3) is 3.75. The lowest BCUT2D eigenvalue weighted by Gasteiger charge is -2.31. The maximum absolute atomic E-state index is 4.88. The Kier molecular flexibility index (Phi) is 4.97. The van der Waals surface area contributed by atoms with Gasteiger partial charge in [-0.25, -0.2) is 4.98 Å². The van der Waals surface area contributed by atoms with Gasteiger partial charge < -0.3 is 10.3 Å². The van der Waals surface area contributed by atoms with E-state index in [1.807, 2.05) is 6.33 Å². The number of aromatic nitrogens is 4. The summed E-state index contributed by atoms with van der Waals surface area (Å²) >= 11 is 0. The van der Waals surface area contributed by atoms with Crippen LogP contribution in [0.25, 0.3) is 0 Å². The van der Waals surface area contributed by atoms with Crippen LogP contribution in [0.15, 0.2) is 42.7 Å². The fourth-order valence-electron chi connectivity index (χ4n) is 4.56. The Morgan fingerprint density at radius 1 is 1.18 bits per heavy atom. The van der Waals surface area contributed by atoms with Crippen molar-refractivity contribution in [3.05, 3.63) is 71.1 Å². The van der Waals surface area contributed by atoms with Gasteiger partial charge in [0.1, 0.15) is 0 Å². The highest BCUT2D eigenvalue weighted by Crippen LogP contribution is 2.30. The third-order valence-electron chi connectivity index (χ3n) is 5.95. The fourth-order valence-corrected chi connectivity index (χ4v) is 4.56. The molecule has 6 nitrogen and oxygen atoms in total. The van der Waals surface area contributed by atoms with Crippen LogP contribution in [0.5, 0.6) is 0 Å². The van der Waals surface area contributed by atoms with Gasteiger partial charge in [0.05, 0.1) is 29.1 Å². The summed E-state index contributed by atoms with van der Waals surface area (Å²) in [4.78, 5) is 10.5. The summed E-state index contributed by atoms with van der Waals surface area (Å²) in [5.41, 5.74) is 6.43. The molecule has 0 saturated heterocycles. The maximum atomic E-state index is 4.88. The van der Waals surface area contributed by atoms with E-state index < -0.39 is 0 Å². The molecule has 2 aliphatic rings.